The van der Waals surface area contributed by atoms with Crippen LogP contribution in [0.3, 0.4) is 0 Å². The van der Waals surface area contributed by atoms with Gasteiger partial charge in [-0.3, -0.25) is 4.72 Å². The first-order valence-electron chi connectivity index (χ1n) is 5.47. The van der Waals surface area contributed by atoms with Crippen LogP contribution in [-0.4, -0.2) is 19.7 Å². The summed E-state index contributed by atoms with van der Waals surface area (Å²) >= 11 is 0. The monoisotopic (exact) mass is 265 g/mol. The van der Waals surface area contributed by atoms with Crippen molar-refractivity contribution >= 4 is 21.4 Å². The minimum atomic E-state index is -3.24. The predicted molar refractivity (Wildman–Crippen MR) is 73.0 cm³/mol. The number of benzene rings is 1. The van der Waals surface area contributed by atoms with Gasteiger partial charge in [0.2, 0.25) is 10.0 Å². The molecule has 0 saturated heterocycles. The molecule has 5 nitrogen and oxygen atoms in total. The lowest BCUT2D eigenvalue weighted by atomic mass is 10.3. The second-order valence-corrected chi connectivity index (χ2v) is 5.75. The van der Waals surface area contributed by atoms with Gasteiger partial charge in [0, 0.05) is 17.6 Å². The molecule has 3 N–H and O–H groups in total. The summed E-state index contributed by atoms with van der Waals surface area (Å²) in [5.74, 6) is 0. The van der Waals surface area contributed by atoms with E-state index in [1.807, 2.05) is 24.4 Å². The second-order valence-electron chi connectivity index (χ2n) is 4.00. The van der Waals surface area contributed by atoms with Crippen molar-refractivity contribution in [2.24, 2.45) is 0 Å². The Bertz CT molecular complexity index is 606. The molecule has 0 aliphatic rings. The summed E-state index contributed by atoms with van der Waals surface area (Å²) in [6.45, 7) is 0.662. The van der Waals surface area contributed by atoms with Crippen molar-refractivity contribution in [2.45, 2.75) is 6.54 Å². The maximum absolute atomic E-state index is 11.1. The predicted octanol–water partition coefficient (Wildman–Crippen LogP) is 2.00. The van der Waals surface area contributed by atoms with Crippen LogP contribution in [0.15, 0.2) is 42.6 Å². The topological polar surface area (TPSA) is 74.0 Å². The number of hydrogen-bond donors (Lipinski definition) is 3. The Morgan fingerprint density at radius 2 is 1.94 bits per heavy atom. The Labute approximate surface area is 106 Å². The van der Waals surface area contributed by atoms with Gasteiger partial charge in [-0.05, 0) is 30.3 Å². The van der Waals surface area contributed by atoms with E-state index in [9.17, 15) is 8.42 Å². The SMILES string of the molecule is CS(=O)(=O)Nc1cccc(NCc2ccc[nH]2)c1. The molecule has 0 atom stereocenters. The first-order valence-corrected chi connectivity index (χ1v) is 7.36. The molecule has 6 heteroatoms. The van der Waals surface area contributed by atoms with E-state index in [2.05, 4.69) is 15.0 Å². The average Bonchev–Trinajstić information content (AvgIpc) is 2.77. The van der Waals surface area contributed by atoms with E-state index in [-0.39, 0.29) is 0 Å². The first kappa shape index (κ1) is 12.5. The van der Waals surface area contributed by atoms with Crippen LogP contribution in [0.1, 0.15) is 5.69 Å². The van der Waals surface area contributed by atoms with E-state index < -0.39 is 10.0 Å². The number of H-pyrrole nitrogens is 1. The summed E-state index contributed by atoms with van der Waals surface area (Å²) in [6, 6.07) is 11.1. The number of nitrogens with one attached hydrogen (secondary N) is 3. The van der Waals surface area contributed by atoms with Crippen molar-refractivity contribution in [1.82, 2.24) is 4.98 Å². The van der Waals surface area contributed by atoms with E-state index in [0.717, 1.165) is 17.6 Å². The lowest BCUT2D eigenvalue weighted by molar-refractivity contribution is 0.607. The van der Waals surface area contributed by atoms with Gasteiger partial charge < -0.3 is 10.3 Å². The maximum atomic E-state index is 11.1. The van der Waals surface area contributed by atoms with E-state index in [0.29, 0.717) is 12.2 Å². The Kier molecular flexibility index (Phi) is 3.57. The highest BCUT2D eigenvalue weighted by atomic mass is 32.2. The lowest BCUT2D eigenvalue weighted by Crippen LogP contribution is -2.09. The number of aromatic nitrogens is 1. The third-order valence-electron chi connectivity index (χ3n) is 2.31. The zero-order valence-corrected chi connectivity index (χ0v) is 10.8. The van der Waals surface area contributed by atoms with Crippen molar-refractivity contribution in [2.75, 3.05) is 16.3 Å². The van der Waals surface area contributed by atoms with Crippen LogP contribution in [0.5, 0.6) is 0 Å². The fourth-order valence-corrected chi connectivity index (χ4v) is 2.14. The third-order valence-corrected chi connectivity index (χ3v) is 2.92. The van der Waals surface area contributed by atoms with Crippen LogP contribution in [0, 0.1) is 0 Å². The maximum Gasteiger partial charge on any atom is 0.229 e. The normalized spacial score (nSPS) is 11.2. The molecule has 2 rings (SSSR count). The average molecular weight is 265 g/mol. The van der Waals surface area contributed by atoms with Gasteiger partial charge in [-0.25, -0.2) is 8.42 Å². The van der Waals surface area contributed by atoms with Gasteiger partial charge in [0.25, 0.3) is 0 Å². The Morgan fingerprint density at radius 3 is 2.61 bits per heavy atom. The van der Waals surface area contributed by atoms with E-state index in [4.69, 9.17) is 0 Å². The molecule has 18 heavy (non-hydrogen) atoms. The molecule has 0 aliphatic heterocycles. The number of hydrogen-bond acceptors (Lipinski definition) is 3. The van der Waals surface area contributed by atoms with Gasteiger partial charge in [-0.1, -0.05) is 6.07 Å². The summed E-state index contributed by atoms with van der Waals surface area (Å²) in [4.78, 5) is 3.09. The largest absolute Gasteiger partial charge is 0.379 e. The summed E-state index contributed by atoms with van der Waals surface area (Å²) in [5.41, 5.74) is 2.48. The Hall–Kier alpha value is -1.95. The number of aromatic amines is 1. The Balaban J connectivity index is 2.03. The highest BCUT2D eigenvalue weighted by Crippen LogP contribution is 2.16. The molecule has 1 aromatic carbocycles. The molecule has 2 aromatic rings. The quantitative estimate of drug-likeness (QED) is 0.774. The van der Waals surface area contributed by atoms with Crippen LogP contribution >= 0.6 is 0 Å². The molecule has 0 saturated carbocycles. The molecule has 0 aliphatic carbocycles. The molecule has 0 amide bonds. The van der Waals surface area contributed by atoms with E-state index in [1.165, 1.54) is 0 Å². The molecule has 0 unspecified atom stereocenters. The summed E-state index contributed by atoms with van der Waals surface area (Å²) in [7, 11) is -3.24. The summed E-state index contributed by atoms with van der Waals surface area (Å²) < 4.78 is 24.7. The smallest absolute Gasteiger partial charge is 0.229 e. The fourth-order valence-electron chi connectivity index (χ4n) is 1.58. The first-order chi connectivity index (χ1) is 8.53. The van der Waals surface area contributed by atoms with Crippen molar-refractivity contribution in [3.05, 3.63) is 48.3 Å². The highest BCUT2D eigenvalue weighted by molar-refractivity contribution is 7.92. The molecular weight excluding hydrogens is 250 g/mol. The van der Waals surface area contributed by atoms with Crippen LogP contribution in [0.2, 0.25) is 0 Å². The van der Waals surface area contributed by atoms with Crippen LogP contribution in [0.25, 0.3) is 0 Å². The van der Waals surface area contributed by atoms with Gasteiger partial charge in [-0.15, -0.1) is 0 Å². The molecule has 1 heterocycles. The van der Waals surface area contributed by atoms with Gasteiger partial charge in [0.05, 0.1) is 18.5 Å². The van der Waals surface area contributed by atoms with E-state index in [1.54, 1.807) is 18.2 Å². The fraction of sp³-hybridized carbons (Fsp3) is 0.167. The molecule has 0 fully saturated rings. The zero-order chi connectivity index (χ0) is 13.0. The molecule has 0 spiro atoms. The number of rotatable bonds is 5. The van der Waals surface area contributed by atoms with Crippen molar-refractivity contribution < 1.29 is 8.42 Å². The minimum Gasteiger partial charge on any atom is -0.379 e. The highest BCUT2D eigenvalue weighted by Gasteiger charge is 2.02. The van der Waals surface area contributed by atoms with Crippen molar-refractivity contribution in [3.63, 3.8) is 0 Å². The van der Waals surface area contributed by atoms with Gasteiger partial charge in [-0.2, -0.15) is 0 Å². The number of sulfonamides is 1. The van der Waals surface area contributed by atoms with Gasteiger partial charge in [0.15, 0.2) is 0 Å². The number of anilines is 2. The van der Waals surface area contributed by atoms with Crippen molar-refractivity contribution in [1.29, 1.82) is 0 Å². The lowest BCUT2D eigenvalue weighted by Gasteiger charge is -2.08. The van der Waals surface area contributed by atoms with Crippen LogP contribution in [0.4, 0.5) is 11.4 Å². The van der Waals surface area contributed by atoms with Gasteiger partial charge in [0.1, 0.15) is 0 Å². The van der Waals surface area contributed by atoms with Crippen LogP contribution in [-0.2, 0) is 16.6 Å². The van der Waals surface area contributed by atoms with Gasteiger partial charge >= 0.3 is 0 Å². The molecule has 0 bridgehead atoms. The van der Waals surface area contributed by atoms with Crippen LogP contribution < -0.4 is 10.0 Å². The molecular formula is C12H15N3O2S. The molecule has 1 aromatic heterocycles. The summed E-state index contributed by atoms with van der Waals surface area (Å²) in [5, 5.41) is 3.21. The van der Waals surface area contributed by atoms with Crippen molar-refractivity contribution in [3.8, 4) is 0 Å². The second kappa shape index (κ2) is 5.14. The van der Waals surface area contributed by atoms with E-state index >= 15 is 0 Å². The zero-order valence-electron chi connectivity index (χ0n) is 9.97. The molecule has 0 radical (unpaired) electrons. The third kappa shape index (κ3) is 3.81. The molecule has 96 valence electrons. The summed E-state index contributed by atoms with van der Waals surface area (Å²) in [6.07, 6.45) is 2.99. The minimum absolute atomic E-state index is 0.550. The standard InChI is InChI=1S/C12H15N3O2S/c1-18(16,17)15-11-5-2-4-10(8-11)14-9-12-6-3-7-13-12/h2-8,13-15H,9H2,1H3. The Morgan fingerprint density at radius 1 is 1.17 bits per heavy atom.